The molecule has 1 heterocycles. The molecule has 0 radical (unpaired) electrons. The zero-order chi connectivity index (χ0) is 8.27. The Hall–Kier alpha value is -1.05. The average Bonchev–Trinajstić information content (AvgIpc) is 2.36. The molecular weight excluding hydrogens is 140 g/mol. The van der Waals surface area contributed by atoms with E-state index in [1.807, 2.05) is 6.07 Å². The van der Waals surface area contributed by atoms with Gasteiger partial charge < -0.3 is 4.42 Å². The lowest BCUT2D eigenvalue weighted by atomic mass is 10.1. The number of furan rings is 1. The van der Waals surface area contributed by atoms with Crippen molar-refractivity contribution in [2.75, 3.05) is 0 Å². The molecule has 0 aliphatic rings. The lowest BCUT2D eigenvalue weighted by Gasteiger charge is -1.94. The summed E-state index contributed by atoms with van der Waals surface area (Å²) in [7, 11) is 0. The summed E-state index contributed by atoms with van der Waals surface area (Å²) in [6.07, 6.45) is 3.53. The Bertz CT molecular complexity index is 248. The van der Waals surface area contributed by atoms with E-state index in [1.54, 1.807) is 6.26 Å². The fraction of sp³-hybridized carbons (Fsp3) is 0.444. The minimum Gasteiger partial charge on any atom is -0.461 e. The van der Waals surface area contributed by atoms with Crippen LogP contribution in [0.5, 0.6) is 0 Å². The number of hydrogen-bond donors (Lipinski definition) is 0. The predicted octanol–water partition coefficient (Wildman–Crippen LogP) is 2.43. The highest BCUT2D eigenvalue weighted by atomic mass is 16.3. The maximum absolute atomic E-state index is 10.9. The third-order valence-electron chi connectivity index (χ3n) is 1.59. The van der Waals surface area contributed by atoms with Gasteiger partial charge in [0.25, 0.3) is 0 Å². The molecule has 0 N–H and O–H groups in total. The van der Waals surface area contributed by atoms with E-state index in [-0.39, 0.29) is 5.78 Å². The highest BCUT2D eigenvalue weighted by Crippen LogP contribution is 2.12. The molecule has 2 heteroatoms. The monoisotopic (exact) mass is 152 g/mol. The molecule has 1 aromatic heterocycles. The zero-order valence-electron chi connectivity index (χ0n) is 6.89. The summed E-state index contributed by atoms with van der Waals surface area (Å²) < 4.78 is 5.03. The van der Waals surface area contributed by atoms with Crippen LogP contribution in [0.15, 0.2) is 16.7 Å². The topological polar surface area (TPSA) is 30.2 Å². The first-order valence-corrected chi connectivity index (χ1v) is 3.83. The molecule has 11 heavy (non-hydrogen) atoms. The molecular formula is C9H12O2. The van der Waals surface area contributed by atoms with E-state index in [4.69, 9.17) is 4.42 Å². The Morgan fingerprint density at radius 1 is 1.64 bits per heavy atom. The van der Waals surface area contributed by atoms with Gasteiger partial charge in [-0.25, -0.2) is 0 Å². The highest BCUT2D eigenvalue weighted by molar-refractivity contribution is 5.92. The standard InChI is InChI=1S/C9H12O2/c1-3-4-8-5-6-11-9(8)7(2)10/h5-6H,3-4H2,1-2H3. The van der Waals surface area contributed by atoms with E-state index in [1.165, 1.54) is 6.92 Å². The number of ketones is 1. The number of carbonyl (C=O) groups is 1. The van der Waals surface area contributed by atoms with Crippen LogP contribution < -0.4 is 0 Å². The van der Waals surface area contributed by atoms with E-state index in [0.29, 0.717) is 5.76 Å². The van der Waals surface area contributed by atoms with Gasteiger partial charge in [-0.1, -0.05) is 13.3 Å². The molecule has 0 spiro atoms. The Balaban J connectivity index is 2.87. The number of aryl methyl sites for hydroxylation is 1. The normalized spacial score (nSPS) is 10.0. The van der Waals surface area contributed by atoms with Gasteiger partial charge in [0, 0.05) is 12.5 Å². The highest BCUT2D eigenvalue weighted by Gasteiger charge is 2.08. The van der Waals surface area contributed by atoms with Crippen LogP contribution in [0.4, 0.5) is 0 Å². The number of hydrogen-bond acceptors (Lipinski definition) is 2. The molecule has 0 bridgehead atoms. The summed E-state index contributed by atoms with van der Waals surface area (Å²) >= 11 is 0. The summed E-state index contributed by atoms with van der Waals surface area (Å²) in [6, 6.07) is 1.86. The minimum absolute atomic E-state index is 0.0125. The van der Waals surface area contributed by atoms with Gasteiger partial charge in [-0.15, -0.1) is 0 Å². The average molecular weight is 152 g/mol. The smallest absolute Gasteiger partial charge is 0.195 e. The van der Waals surface area contributed by atoms with Crippen LogP contribution in [0, 0.1) is 0 Å². The summed E-state index contributed by atoms with van der Waals surface area (Å²) in [5.74, 6) is 0.533. The van der Waals surface area contributed by atoms with Crippen molar-refractivity contribution in [3.63, 3.8) is 0 Å². The van der Waals surface area contributed by atoms with E-state index in [0.717, 1.165) is 18.4 Å². The van der Waals surface area contributed by atoms with Crippen LogP contribution in [0.1, 0.15) is 36.4 Å². The van der Waals surface area contributed by atoms with Gasteiger partial charge >= 0.3 is 0 Å². The van der Waals surface area contributed by atoms with Crippen LogP contribution >= 0.6 is 0 Å². The summed E-state index contributed by atoms with van der Waals surface area (Å²) in [5.41, 5.74) is 1.03. The van der Waals surface area contributed by atoms with Gasteiger partial charge in [-0.3, -0.25) is 4.79 Å². The quantitative estimate of drug-likeness (QED) is 0.622. The first-order chi connectivity index (χ1) is 5.25. The second-order valence-electron chi connectivity index (χ2n) is 2.58. The molecule has 2 nitrogen and oxygen atoms in total. The van der Waals surface area contributed by atoms with E-state index < -0.39 is 0 Å². The second kappa shape index (κ2) is 3.37. The van der Waals surface area contributed by atoms with Crippen LogP contribution in [0.25, 0.3) is 0 Å². The molecule has 1 rings (SSSR count). The lowest BCUT2D eigenvalue weighted by Crippen LogP contribution is -1.94. The van der Waals surface area contributed by atoms with Gasteiger partial charge in [0.15, 0.2) is 11.5 Å². The molecule has 0 unspecified atom stereocenters. The molecule has 0 aliphatic carbocycles. The first kappa shape index (κ1) is 8.05. The summed E-state index contributed by atoms with van der Waals surface area (Å²) in [6.45, 7) is 3.61. The summed E-state index contributed by atoms with van der Waals surface area (Å²) in [4.78, 5) is 10.9. The fourth-order valence-corrected chi connectivity index (χ4v) is 1.11. The van der Waals surface area contributed by atoms with Crippen molar-refractivity contribution in [1.82, 2.24) is 0 Å². The second-order valence-corrected chi connectivity index (χ2v) is 2.58. The Labute approximate surface area is 66.2 Å². The molecule has 0 aromatic carbocycles. The number of Topliss-reactive ketones (excluding diaryl/α,β-unsaturated/α-hetero) is 1. The summed E-state index contributed by atoms with van der Waals surface area (Å²) in [5, 5.41) is 0. The SMILES string of the molecule is CCCc1ccoc1C(C)=O. The van der Waals surface area contributed by atoms with Crippen molar-refractivity contribution in [3.8, 4) is 0 Å². The molecule has 0 amide bonds. The first-order valence-electron chi connectivity index (χ1n) is 3.83. The van der Waals surface area contributed by atoms with E-state index in [2.05, 4.69) is 6.92 Å². The predicted molar refractivity (Wildman–Crippen MR) is 42.7 cm³/mol. The molecule has 1 aromatic rings. The van der Waals surface area contributed by atoms with Gasteiger partial charge in [0.2, 0.25) is 0 Å². The minimum atomic E-state index is 0.0125. The number of rotatable bonds is 3. The maximum atomic E-state index is 10.9. The van der Waals surface area contributed by atoms with E-state index >= 15 is 0 Å². The molecule has 0 atom stereocenters. The Morgan fingerprint density at radius 2 is 2.36 bits per heavy atom. The van der Waals surface area contributed by atoms with Gasteiger partial charge in [0.05, 0.1) is 6.26 Å². The largest absolute Gasteiger partial charge is 0.461 e. The van der Waals surface area contributed by atoms with Gasteiger partial charge in [0.1, 0.15) is 0 Å². The van der Waals surface area contributed by atoms with Crippen LogP contribution in [0.3, 0.4) is 0 Å². The van der Waals surface area contributed by atoms with Crippen molar-refractivity contribution in [2.45, 2.75) is 26.7 Å². The van der Waals surface area contributed by atoms with Crippen LogP contribution in [-0.4, -0.2) is 5.78 Å². The lowest BCUT2D eigenvalue weighted by molar-refractivity contribution is 0.0986. The maximum Gasteiger partial charge on any atom is 0.195 e. The fourth-order valence-electron chi connectivity index (χ4n) is 1.11. The van der Waals surface area contributed by atoms with E-state index in [9.17, 15) is 4.79 Å². The van der Waals surface area contributed by atoms with Gasteiger partial charge in [-0.05, 0) is 12.5 Å². The van der Waals surface area contributed by atoms with Crippen molar-refractivity contribution in [1.29, 1.82) is 0 Å². The van der Waals surface area contributed by atoms with Crippen molar-refractivity contribution >= 4 is 5.78 Å². The third-order valence-corrected chi connectivity index (χ3v) is 1.59. The zero-order valence-corrected chi connectivity index (χ0v) is 6.89. The third kappa shape index (κ3) is 1.70. The van der Waals surface area contributed by atoms with Crippen molar-refractivity contribution in [2.24, 2.45) is 0 Å². The molecule has 0 saturated carbocycles. The molecule has 0 aliphatic heterocycles. The molecule has 60 valence electrons. The van der Waals surface area contributed by atoms with Gasteiger partial charge in [-0.2, -0.15) is 0 Å². The Morgan fingerprint density at radius 3 is 2.91 bits per heavy atom. The van der Waals surface area contributed by atoms with Crippen LogP contribution in [-0.2, 0) is 6.42 Å². The van der Waals surface area contributed by atoms with Crippen LogP contribution in [0.2, 0.25) is 0 Å². The molecule has 0 fully saturated rings. The van der Waals surface area contributed by atoms with Crippen molar-refractivity contribution < 1.29 is 9.21 Å². The van der Waals surface area contributed by atoms with Crippen molar-refractivity contribution in [3.05, 3.63) is 23.7 Å². The number of carbonyl (C=O) groups excluding carboxylic acids is 1. The Kier molecular flexibility index (Phi) is 2.47. The molecule has 0 saturated heterocycles.